The fourth-order valence-electron chi connectivity index (χ4n) is 1.62. The molecule has 0 spiro atoms. The molecule has 1 rings (SSSR count). The number of aliphatic hydroxyl groups excluding tert-OH is 1. The topological polar surface area (TPSA) is 61.8 Å². The molecule has 0 radical (unpaired) electrons. The maximum absolute atomic E-state index is 11.8. The molecule has 2 N–H and O–H groups in total. The number of amides is 1. The molecule has 5 nitrogen and oxygen atoms in total. The summed E-state index contributed by atoms with van der Waals surface area (Å²) in [5, 5.41) is 11.8. The highest BCUT2D eigenvalue weighted by atomic mass is 16.5. The van der Waals surface area contributed by atoms with Crippen LogP contribution in [0.4, 0.5) is 0 Å². The second kappa shape index (κ2) is 6.48. The standard InChI is InChI=1S/C11H18N2O3/c1-3-4-12-5-11(15)13-6-10(7-14)16-8-9(13)2/h1,9-10,12,14H,4-8H2,2H3. The summed E-state index contributed by atoms with van der Waals surface area (Å²) in [6.07, 6.45) is 4.80. The number of ether oxygens (including phenoxy) is 1. The Balaban J connectivity index is 2.43. The van der Waals surface area contributed by atoms with Crippen LogP contribution < -0.4 is 5.32 Å². The van der Waals surface area contributed by atoms with Gasteiger partial charge in [0.25, 0.3) is 0 Å². The van der Waals surface area contributed by atoms with Crippen LogP contribution in [0, 0.1) is 12.3 Å². The maximum Gasteiger partial charge on any atom is 0.236 e. The first-order chi connectivity index (χ1) is 7.69. The molecule has 0 aromatic carbocycles. The Morgan fingerprint density at radius 3 is 3.12 bits per heavy atom. The first-order valence-electron chi connectivity index (χ1n) is 5.35. The number of nitrogens with one attached hydrogen (secondary N) is 1. The van der Waals surface area contributed by atoms with Crippen molar-refractivity contribution in [1.29, 1.82) is 0 Å². The molecule has 0 aromatic rings. The Kier molecular flexibility index (Phi) is 5.26. The van der Waals surface area contributed by atoms with E-state index in [-0.39, 0.29) is 31.2 Å². The number of carbonyl (C=O) groups is 1. The van der Waals surface area contributed by atoms with E-state index in [0.29, 0.717) is 19.7 Å². The van der Waals surface area contributed by atoms with Gasteiger partial charge in [-0.1, -0.05) is 5.92 Å². The first-order valence-corrected chi connectivity index (χ1v) is 5.35. The average Bonchev–Trinajstić information content (AvgIpc) is 2.30. The first kappa shape index (κ1) is 13.0. The molecule has 0 saturated carbocycles. The molecule has 90 valence electrons. The summed E-state index contributed by atoms with van der Waals surface area (Å²) in [7, 11) is 0. The van der Waals surface area contributed by atoms with Gasteiger partial charge in [-0.15, -0.1) is 6.42 Å². The summed E-state index contributed by atoms with van der Waals surface area (Å²) in [5.74, 6) is 2.40. The van der Waals surface area contributed by atoms with Crippen molar-refractivity contribution in [2.24, 2.45) is 0 Å². The maximum atomic E-state index is 11.8. The monoisotopic (exact) mass is 226 g/mol. The summed E-state index contributed by atoms with van der Waals surface area (Å²) in [6, 6.07) is 0.0444. The van der Waals surface area contributed by atoms with Gasteiger partial charge in [-0.05, 0) is 6.92 Å². The minimum atomic E-state index is -0.271. The number of hydrogen-bond donors (Lipinski definition) is 2. The van der Waals surface area contributed by atoms with Crippen LogP contribution in [0.1, 0.15) is 6.92 Å². The van der Waals surface area contributed by atoms with Crippen molar-refractivity contribution in [1.82, 2.24) is 10.2 Å². The molecular formula is C11H18N2O3. The van der Waals surface area contributed by atoms with Crippen LogP contribution in [0.25, 0.3) is 0 Å². The Morgan fingerprint density at radius 1 is 1.75 bits per heavy atom. The summed E-state index contributed by atoms with van der Waals surface area (Å²) in [5.41, 5.74) is 0. The molecular weight excluding hydrogens is 208 g/mol. The smallest absolute Gasteiger partial charge is 0.236 e. The summed E-state index contributed by atoms with van der Waals surface area (Å²) in [6.45, 7) is 3.38. The summed E-state index contributed by atoms with van der Waals surface area (Å²) in [4.78, 5) is 13.5. The minimum Gasteiger partial charge on any atom is -0.394 e. The van der Waals surface area contributed by atoms with Gasteiger partial charge in [-0.25, -0.2) is 0 Å². The Labute approximate surface area is 95.8 Å². The number of carbonyl (C=O) groups excluding carboxylic acids is 1. The molecule has 0 aliphatic carbocycles. The average molecular weight is 226 g/mol. The van der Waals surface area contributed by atoms with Crippen molar-refractivity contribution in [2.45, 2.75) is 19.1 Å². The van der Waals surface area contributed by atoms with Crippen molar-refractivity contribution in [2.75, 3.05) is 32.8 Å². The molecule has 1 aliphatic heterocycles. The molecule has 1 saturated heterocycles. The zero-order valence-corrected chi connectivity index (χ0v) is 9.48. The van der Waals surface area contributed by atoms with Gasteiger partial charge in [0.15, 0.2) is 0 Å². The van der Waals surface area contributed by atoms with E-state index in [0.717, 1.165) is 0 Å². The van der Waals surface area contributed by atoms with Crippen molar-refractivity contribution < 1.29 is 14.6 Å². The number of nitrogens with zero attached hydrogens (tertiary/aromatic N) is 1. The fraction of sp³-hybridized carbons (Fsp3) is 0.727. The van der Waals surface area contributed by atoms with Gasteiger partial charge in [-0.3, -0.25) is 10.1 Å². The molecule has 2 unspecified atom stereocenters. The number of hydrogen-bond acceptors (Lipinski definition) is 4. The van der Waals surface area contributed by atoms with Crippen LogP contribution in [0.3, 0.4) is 0 Å². The lowest BCUT2D eigenvalue weighted by Crippen LogP contribution is -2.54. The van der Waals surface area contributed by atoms with Gasteiger partial charge in [-0.2, -0.15) is 0 Å². The van der Waals surface area contributed by atoms with E-state index in [1.165, 1.54) is 0 Å². The lowest BCUT2D eigenvalue weighted by molar-refractivity contribution is -0.145. The third kappa shape index (κ3) is 3.49. The van der Waals surface area contributed by atoms with Gasteiger partial charge in [0.05, 0.1) is 38.4 Å². The second-order valence-corrected chi connectivity index (χ2v) is 3.84. The molecule has 16 heavy (non-hydrogen) atoms. The van der Waals surface area contributed by atoms with Gasteiger partial charge in [0.1, 0.15) is 0 Å². The van der Waals surface area contributed by atoms with Crippen molar-refractivity contribution in [3.8, 4) is 12.3 Å². The Morgan fingerprint density at radius 2 is 2.50 bits per heavy atom. The summed E-state index contributed by atoms with van der Waals surface area (Å²) >= 11 is 0. The molecule has 5 heteroatoms. The zero-order chi connectivity index (χ0) is 12.0. The van der Waals surface area contributed by atoms with Crippen molar-refractivity contribution in [3.63, 3.8) is 0 Å². The van der Waals surface area contributed by atoms with Gasteiger partial charge >= 0.3 is 0 Å². The van der Waals surface area contributed by atoms with E-state index in [9.17, 15) is 4.79 Å². The predicted octanol–water partition coefficient (Wildman–Crippen LogP) is -1.18. The number of aliphatic hydroxyl groups is 1. The molecule has 1 aliphatic rings. The van der Waals surface area contributed by atoms with E-state index < -0.39 is 0 Å². The molecule has 0 aromatic heterocycles. The van der Waals surface area contributed by atoms with E-state index in [2.05, 4.69) is 11.2 Å². The van der Waals surface area contributed by atoms with Crippen LogP contribution in [0.5, 0.6) is 0 Å². The zero-order valence-electron chi connectivity index (χ0n) is 9.48. The predicted molar refractivity (Wildman–Crippen MR) is 59.7 cm³/mol. The van der Waals surface area contributed by atoms with Crippen molar-refractivity contribution >= 4 is 5.91 Å². The van der Waals surface area contributed by atoms with E-state index in [1.807, 2.05) is 6.92 Å². The van der Waals surface area contributed by atoms with E-state index in [4.69, 9.17) is 16.3 Å². The van der Waals surface area contributed by atoms with Gasteiger partial charge in [0, 0.05) is 6.54 Å². The number of rotatable bonds is 4. The highest BCUT2D eigenvalue weighted by Crippen LogP contribution is 2.11. The van der Waals surface area contributed by atoms with Crippen LogP contribution >= 0.6 is 0 Å². The van der Waals surface area contributed by atoms with Gasteiger partial charge in [0.2, 0.25) is 5.91 Å². The number of terminal acetylenes is 1. The molecule has 2 atom stereocenters. The van der Waals surface area contributed by atoms with Gasteiger partial charge < -0.3 is 14.7 Å². The molecule has 1 amide bonds. The fourth-order valence-corrected chi connectivity index (χ4v) is 1.62. The SMILES string of the molecule is C#CCNCC(=O)N1CC(CO)OCC1C. The summed E-state index contributed by atoms with van der Waals surface area (Å²) < 4.78 is 5.35. The minimum absolute atomic E-state index is 0.00972. The quantitative estimate of drug-likeness (QED) is 0.468. The third-order valence-electron chi connectivity index (χ3n) is 2.53. The molecule has 1 fully saturated rings. The highest BCUT2D eigenvalue weighted by molar-refractivity contribution is 5.78. The molecule has 0 bridgehead atoms. The van der Waals surface area contributed by atoms with E-state index in [1.54, 1.807) is 4.90 Å². The van der Waals surface area contributed by atoms with Crippen LogP contribution in [0.2, 0.25) is 0 Å². The van der Waals surface area contributed by atoms with Crippen LogP contribution in [-0.4, -0.2) is 60.9 Å². The number of morpholine rings is 1. The molecule has 1 heterocycles. The van der Waals surface area contributed by atoms with Crippen LogP contribution in [-0.2, 0) is 9.53 Å². The van der Waals surface area contributed by atoms with Crippen LogP contribution in [0.15, 0.2) is 0 Å². The largest absolute Gasteiger partial charge is 0.394 e. The lowest BCUT2D eigenvalue weighted by atomic mass is 10.2. The Bertz CT molecular complexity index is 275. The van der Waals surface area contributed by atoms with Crippen molar-refractivity contribution in [3.05, 3.63) is 0 Å². The Hall–Kier alpha value is -1.09. The van der Waals surface area contributed by atoms with E-state index >= 15 is 0 Å². The highest BCUT2D eigenvalue weighted by Gasteiger charge is 2.28. The normalized spacial score (nSPS) is 25.2. The third-order valence-corrected chi connectivity index (χ3v) is 2.53. The lowest BCUT2D eigenvalue weighted by Gasteiger charge is -2.37. The second-order valence-electron chi connectivity index (χ2n) is 3.84.